The minimum atomic E-state index is 0.295. The van der Waals surface area contributed by atoms with Gasteiger partial charge in [-0.3, -0.25) is 0 Å². The molecule has 1 rings (SSSR count). The van der Waals surface area contributed by atoms with E-state index in [1.54, 1.807) is 0 Å². The predicted molar refractivity (Wildman–Crippen MR) is 38.1 cm³/mol. The van der Waals surface area contributed by atoms with Crippen LogP contribution in [0.4, 0.5) is 0 Å². The van der Waals surface area contributed by atoms with Gasteiger partial charge in [-0.25, -0.2) is 0 Å². The number of nitrogens with one attached hydrogen (secondary N) is 2. The van der Waals surface area contributed by atoms with E-state index in [9.17, 15) is 0 Å². The fourth-order valence-corrected chi connectivity index (χ4v) is 1.23. The summed E-state index contributed by atoms with van der Waals surface area (Å²) in [6.45, 7) is 1.10. The van der Waals surface area contributed by atoms with Crippen LogP contribution in [0.5, 0.6) is 0 Å². The van der Waals surface area contributed by atoms with E-state index in [4.69, 9.17) is 5.73 Å². The number of rotatable bonds is 1. The van der Waals surface area contributed by atoms with Crippen LogP contribution in [0.3, 0.4) is 0 Å². The van der Waals surface area contributed by atoms with E-state index >= 15 is 0 Å². The van der Waals surface area contributed by atoms with Crippen molar-refractivity contribution in [3.05, 3.63) is 0 Å². The smallest absolute Gasteiger partial charge is 0.0725 e. The number of hydrogen-bond donors (Lipinski definition) is 3. The quantitative estimate of drug-likeness (QED) is 0.436. The second kappa shape index (κ2) is 3.15. The van der Waals surface area contributed by atoms with Crippen LogP contribution in [0.25, 0.3) is 0 Å². The third-order valence-corrected chi connectivity index (χ3v) is 1.82. The summed E-state index contributed by atoms with van der Waals surface area (Å²) < 4.78 is 0. The molecule has 0 bridgehead atoms. The molecule has 1 saturated heterocycles. The van der Waals surface area contributed by atoms with Crippen molar-refractivity contribution in [2.45, 2.75) is 25.0 Å². The normalized spacial score (nSPS) is 36.7. The van der Waals surface area contributed by atoms with Gasteiger partial charge in [0.15, 0.2) is 0 Å². The van der Waals surface area contributed by atoms with Crippen LogP contribution >= 0.6 is 0 Å². The molecule has 3 heteroatoms. The topological polar surface area (TPSA) is 50.1 Å². The fourth-order valence-electron chi connectivity index (χ4n) is 1.23. The molecule has 0 aromatic rings. The van der Waals surface area contributed by atoms with E-state index in [0.29, 0.717) is 12.2 Å². The lowest BCUT2D eigenvalue weighted by molar-refractivity contribution is 0.317. The molecule has 4 N–H and O–H groups in total. The van der Waals surface area contributed by atoms with Crippen molar-refractivity contribution in [1.82, 2.24) is 10.6 Å². The van der Waals surface area contributed by atoms with Crippen LogP contribution in [0.1, 0.15) is 12.8 Å². The maximum Gasteiger partial charge on any atom is 0.0725 e. The number of nitrogens with two attached hydrogens (primary N) is 1. The first-order valence-electron chi connectivity index (χ1n) is 3.51. The summed E-state index contributed by atoms with van der Waals surface area (Å²) in [5.74, 6) is 0. The first kappa shape index (κ1) is 6.99. The zero-order valence-corrected chi connectivity index (χ0v) is 5.85. The molecule has 54 valence electrons. The number of likely N-dealkylation sites (N-methyl/N-ethyl adjacent to an activating group) is 1. The average Bonchev–Trinajstić information content (AvgIpc) is 1.89. The average molecular weight is 129 g/mol. The van der Waals surface area contributed by atoms with Gasteiger partial charge in [-0.1, -0.05) is 0 Å². The first-order chi connectivity index (χ1) is 4.34. The standard InChI is InChI=1S/C6H15N3/c1-8-6-5(7)3-2-4-9-6/h5-6,8-9H,2-4,7H2,1H3/t5?,6-/m0/s1. The number of piperidine rings is 1. The SMILES string of the molecule is CN[C@H]1NCCCC1N. The Hall–Kier alpha value is -0.120. The lowest BCUT2D eigenvalue weighted by Crippen LogP contribution is -2.56. The van der Waals surface area contributed by atoms with Gasteiger partial charge in [-0.05, 0) is 26.4 Å². The van der Waals surface area contributed by atoms with Crippen LogP contribution in [0.2, 0.25) is 0 Å². The van der Waals surface area contributed by atoms with Gasteiger partial charge in [0.1, 0.15) is 0 Å². The molecule has 1 unspecified atom stereocenters. The Bertz CT molecular complexity index is 84.4. The molecular weight excluding hydrogens is 114 g/mol. The van der Waals surface area contributed by atoms with Crippen molar-refractivity contribution >= 4 is 0 Å². The van der Waals surface area contributed by atoms with Crippen molar-refractivity contribution in [3.63, 3.8) is 0 Å². The Morgan fingerprint density at radius 2 is 2.44 bits per heavy atom. The van der Waals surface area contributed by atoms with Crippen molar-refractivity contribution in [2.75, 3.05) is 13.6 Å². The summed E-state index contributed by atoms with van der Waals surface area (Å²) in [6.07, 6.45) is 2.68. The van der Waals surface area contributed by atoms with Crippen molar-refractivity contribution in [2.24, 2.45) is 5.73 Å². The highest BCUT2D eigenvalue weighted by molar-refractivity contribution is 4.80. The van der Waals surface area contributed by atoms with Gasteiger partial charge in [0.2, 0.25) is 0 Å². The molecule has 0 saturated carbocycles. The van der Waals surface area contributed by atoms with E-state index < -0.39 is 0 Å². The Labute approximate surface area is 56.0 Å². The lowest BCUT2D eigenvalue weighted by atomic mass is 10.1. The highest BCUT2D eigenvalue weighted by Gasteiger charge is 2.18. The molecule has 0 aromatic carbocycles. The molecule has 2 atom stereocenters. The monoisotopic (exact) mass is 129 g/mol. The second-order valence-electron chi connectivity index (χ2n) is 2.53. The number of hydrogen-bond acceptors (Lipinski definition) is 3. The maximum absolute atomic E-state index is 5.76. The van der Waals surface area contributed by atoms with Crippen LogP contribution < -0.4 is 16.4 Å². The Morgan fingerprint density at radius 3 is 2.89 bits per heavy atom. The highest BCUT2D eigenvalue weighted by Crippen LogP contribution is 2.02. The molecule has 3 nitrogen and oxygen atoms in total. The molecule has 0 spiro atoms. The zero-order chi connectivity index (χ0) is 6.69. The predicted octanol–water partition coefficient (Wildman–Crippen LogP) is -0.757. The van der Waals surface area contributed by atoms with Gasteiger partial charge in [0, 0.05) is 6.04 Å². The largest absolute Gasteiger partial charge is 0.325 e. The highest BCUT2D eigenvalue weighted by atomic mass is 15.1. The second-order valence-corrected chi connectivity index (χ2v) is 2.53. The van der Waals surface area contributed by atoms with E-state index in [1.807, 2.05) is 7.05 Å². The van der Waals surface area contributed by atoms with Gasteiger partial charge in [0.05, 0.1) is 6.17 Å². The van der Waals surface area contributed by atoms with Crippen LogP contribution in [-0.4, -0.2) is 25.8 Å². The first-order valence-corrected chi connectivity index (χ1v) is 3.51. The molecule has 1 fully saturated rings. The molecule has 0 aliphatic carbocycles. The minimum absolute atomic E-state index is 0.295. The van der Waals surface area contributed by atoms with E-state index in [-0.39, 0.29) is 0 Å². The third-order valence-electron chi connectivity index (χ3n) is 1.82. The maximum atomic E-state index is 5.76. The van der Waals surface area contributed by atoms with E-state index in [0.717, 1.165) is 13.0 Å². The lowest BCUT2D eigenvalue weighted by Gasteiger charge is -2.29. The fraction of sp³-hybridized carbons (Fsp3) is 1.00. The van der Waals surface area contributed by atoms with Gasteiger partial charge in [-0.15, -0.1) is 0 Å². The molecule has 9 heavy (non-hydrogen) atoms. The molecular formula is C6H15N3. The van der Waals surface area contributed by atoms with Crippen molar-refractivity contribution in [3.8, 4) is 0 Å². The zero-order valence-electron chi connectivity index (χ0n) is 5.85. The molecule has 1 aliphatic rings. The summed E-state index contributed by atoms with van der Waals surface area (Å²) >= 11 is 0. The van der Waals surface area contributed by atoms with Gasteiger partial charge in [0.25, 0.3) is 0 Å². The Balaban J connectivity index is 2.30. The third kappa shape index (κ3) is 1.64. The van der Waals surface area contributed by atoms with Crippen LogP contribution in [0, 0.1) is 0 Å². The summed E-state index contributed by atoms with van der Waals surface area (Å²) in [7, 11) is 1.93. The van der Waals surface area contributed by atoms with Gasteiger partial charge < -0.3 is 16.4 Å². The Kier molecular flexibility index (Phi) is 2.45. The summed E-state index contributed by atoms with van der Waals surface area (Å²) in [6, 6.07) is 0.295. The van der Waals surface area contributed by atoms with Gasteiger partial charge >= 0.3 is 0 Å². The molecule has 1 aliphatic heterocycles. The van der Waals surface area contributed by atoms with E-state index in [1.165, 1.54) is 6.42 Å². The summed E-state index contributed by atoms with van der Waals surface area (Å²) in [5, 5.41) is 6.40. The van der Waals surface area contributed by atoms with Crippen LogP contribution in [0.15, 0.2) is 0 Å². The van der Waals surface area contributed by atoms with E-state index in [2.05, 4.69) is 10.6 Å². The summed E-state index contributed by atoms with van der Waals surface area (Å²) in [5.41, 5.74) is 5.76. The minimum Gasteiger partial charge on any atom is -0.325 e. The molecule has 0 aromatic heterocycles. The van der Waals surface area contributed by atoms with Gasteiger partial charge in [-0.2, -0.15) is 0 Å². The molecule has 0 amide bonds. The molecule has 0 radical (unpaired) electrons. The van der Waals surface area contributed by atoms with Crippen LogP contribution in [-0.2, 0) is 0 Å². The Morgan fingerprint density at radius 1 is 1.67 bits per heavy atom. The van der Waals surface area contributed by atoms with Crippen molar-refractivity contribution < 1.29 is 0 Å². The summed E-state index contributed by atoms with van der Waals surface area (Å²) in [4.78, 5) is 0. The molecule has 1 heterocycles. The van der Waals surface area contributed by atoms with Crippen molar-refractivity contribution in [1.29, 1.82) is 0 Å².